The fraction of sp³-hybridized carbons (Fsp3) is 0.444. The molecular formula is C18H24N4O3. The van der Waals surface area contributed by atoms with E-state index in [1.165, 1.54) is 0 Å². The summed E-state index contributed by atoms with van der Waals surface area (Å²) in [7, 11) is 0. The molecule has 0 fully saturated rings. The molecule has 1 aromatic carbocycles. The Labute approximate surface area is 147 Å². The number of aryl methyl sites for hydroxylation is 1. The Balaban J connectivity index is 1.45. The van der Waals surface area contributed by atoms with Gasteiger partial charge in [0.25, 0.3) is 0 Å². The molecule has 3 rings (SSSR count). The molecule has 2 amide bonds. The van der Waals surface area contributed by atoms with Gasteiger partial charge in [-0.05, 0) is 37.1 Å². The van der Waals surface area contributed by atoms with Crippen molar-refractivity contribution in [1.82, 2.24) is 20.4 Å². The Morgan fingerprint density at radius 1 is 1.32 bits per heavy atom. The van der Waals surface area contributed by atoms with E-state index in [1.54, 1.807) is 6.20 Å². The average molecular weight is 344 g/mol. The molecule has 1 aromatic heterocycles. The smallest absolute Gasteiger partial charge is 0.315 e. The summed E-state index contributed by atoms with van der Waals surface area (Å²) in [6, 6.07) is 7.37. The highest BCUT2D eigenvalue weighted by molar-refractivity contribution is 5.74. The number of aromatic nitrogens is 2. The minimum Gasteiger partial charge on any atom is -0.490 e. The van der Waals surface area contributed by atoms with Crippen LogP contribution in [0, 0.1) is 0 Å². The summed E-state index contributed by atoms with van der Waals surface area (Å²) in [6.07, 6.45) is 5.36. The minimum atomic E-state index is -0.180. The number of carbonyl (C=O) groups is 1. The molecule has 134 valence electrons. The third-order valence-electron chi connectivity index (χ3n) is 4.03. The molecule has 25 heavy (non-hydrogen) atoms. The van der Waals surface area contributed by atoms with E-state index in [4.69, 9.17) is 9.47 Å². The first-order chi connectivity index (χ1) is 12.2. The first-order valence-electron chi connectivity index (χ1n) is 8.64. The second-order valence-corrected chi connectivity index (χ2v) is 6.00. The van der Waals surface area contributed by atoms with Crippen LogP contribution in [0.25, 0.3) is 0 Å². The summed E-state index contributed by atoms with van der Waals surface area (Å²) < 4.78 is 13.2. The van der Waals surface area contributed by atoms with Gasteiger partial charge in [0.2, 0.25) is 0 Å². The van der Waals surface area contributed by atoms with Crippen molar-refractivity contribution in [3.05, 3.63) is 42.2 Å². The van der Waals surface area contributed by atoms with Gasteiger partial charge in [-0.25, -0.2) is 4.79 Å². The van der Waals surface area contributed by atoms with Gasteiger partial charge >= 0.3 is 6.03 Å². The number of carbonyl (C=O) groups excluding carboxylic acids is 1. The monoisotopic (exact) mass is 344 g/mol. The summed E-state index contributed by atoms with van der Waals surface area (Å²) in [4.78, 5) is 12.0. The zero-order chi connectivity index (χ0) is 17.5. The molecule has 1 aliphatic rings. The van der Waals surface area contributed by atoms with Gasteiger partial charge in [0.05, 0.1) is 19.3 Å². The normalized spacial score (nSPS) is 14.4. The van der Waals surface area contributed by atoms with E-state index in [2.05, 4.69) is 15.7 Å². The number of hydrogen-bond acceptors (Lipinski definition) is 4. The van der Waals surface area contributed by atoms with Crippen molar-refractivity contribution >= 4 is 6.03 Å². The largest absolute Gasteiger partial charge is 0.490 e. The fourth-order valence-corrected chi connectivity index (χ4v) is 2.66. The summed E-state index contributed by atoms with van der Waals surface area (Å²) in [5.41, 5.74) is 0.982. The third-order valence-corrected chi connectivity index (χ3v) is 4.03. The van der Waals surface area contributed by atoms with Crippen LogP contribution in [0.15, 0.2) is 36.7 Å². The Bertz CT molecular complexity index is 688. The van der Waals surface area contributed by atoms with Crippen molar-refractivity contribution in [2.45, 2.75) is 32.4 Å². The van der Waals surface area contributed by atoms with Gasteiger partial charge in [-0.3, -0.25) is 4.68 Å². The summed E-state index contributed by atoms with van der Waals surface area (Å²) in [6.45, 7) is 4.64. The number of hydrogen-bond donors (Lipinski definition) is 2. The van der Waals surface area contributed by atoms with Gasteiger partial charge in [0.1, 0.15) is 0 Å². The Morgan fingerprint density at radius 2 is 2.16 bits per heavy atom. The van der Waals surface area contributed by atoms with E-state index in [0.717, 1.165) is 36.4 Å². The average Bonchev–Trinajstić information content (AvgIpc) is 3.01. The second kappa shape index (κ2) is 8.41. The first kappa shape index (κ1) is 17.1. The molecule has 2 heterocycles. The molecule has 7 nitrogen and oxygen atoms in total. The summed E-state index contributed by atoms with van der Waals surface area (Å²) in [5.74, 6) is 1.50. The van der Waals surface area contributed by atoms with Crippen molar-refractivity contribution < 1.29 is 14.3 Å². The number of ether oxygens (including phenoxy) is 2. The molecule has 1 aliphatic heterocycles. The van der Waals surface area contributed by atoms with Crippen molar-refractivity contribution in [2.24, 2.45) is 0 Å². The quantitative estimate of drug-likeness (QED) is 0.789. The van der Waals surface area contributed by atoms with Gasteiger partial charge in [0, 0.05) is 31.9 Å². The lowest BCUT2D eigenvalue weighted by Crippen LogP contribution is -2.37. The van der Waals surface area contributed by atoms with Gasteiger partial charge in [-0.15, -0.1) is 0 Å². The van der Waals surface area contributed by atoms with E-state index in [-0.39, 0.29) is 12.1 Å². The highest BCUT2D eigenvalue weighted by atomic mass is 16.5. The molecule has 1 atom stereocenters. The van der Waals surface area contributed by atoms with Crippen LogP contribution in [0.5, 0.6) is 11.5 Å². The van der Waals surface area contributed by atoms with Crippen LogP contribution in [-0.4, -0.2) is 35.6 Å². The van der Waals surface area contributed by atoms with Crippen LogP contribution in [0.3, 0.4) is 0 Å². The lowest BCUT2D eigenvalue weighted by atomic mass is 10.1. The Morgan fingerprint density at radius 3 is 2.96 bits per heavy atom. The topological polar surface area (TPSA) is 77.4 Å². The standard InChI is InChI=1S/C18H24N4O3/c1-14(15-5-6-16-17(13-15)25-12-4-11-24-16)21-18(23)19-7-2-9-22-10-3-8-20-22/h3,5-6,8,10,13-14H,2,4,7,9,11-12H2,1H3,(H2,19,21,23)/t14-/m1/s1. The van der Waals surface area contributed by atoms with E-state index in [9.17, 15) is 4.79 Å². The van der Waals surface area contributed by atoms with Crippen LogP contribution in [0.1, 0.15) is 31.4 Å². The lowest BCUT2D eigenvalue weighted by Gasteiger charge is -2.17. The Kier molecular flexibility index (Phi) is 5.77. The summed E-state index contributed by atoms with van der Waals surface area (Å²) >= 11 is 0. The van der Waals surface area contributed by atoms with E-state index in [0.29, 0.717) is 19.8 Å². The molecular weight excluding hydrogens is 320 g/mol. The van der Waals surface area contributed by atoms with Gasteiger partial charge in [-0.2, -0.15) is 5.10 Å². The molecule has 0 unspecified atom stereocenters. The number of nitrogens with zero attached hydrogens (tertiary/aromatic N) is 2. The van der Waals surface area contributed by atoms with Crippen molar-refractivity contribution in [1.29, 1.82) is 0 Å². The molecule has 0 saturated carbocycles. The van der Waals surface area contributed by atoms with E-state index >= 15 is 0 Å². The number of nitrogens with one attached hydrogen (secondary N) is 2. The maximum Gasteiger partial charge on any atom is 0.315 e. The molecule has 2 aromatic rings. The zero-order valence-electron chi connectivity index (χ0n) is 14.4. The Hall–Kier alpha value is -2.70. The zero-order valence-corrected chi connectivity index (χ0v) is 14.4. The predicted octanol–water partition coefficient (Wildman–Crippen LogP) is 2.49. The molecule has 0 radical (unpaired) electrons. The maximum atomic E-state index is 12.0. The van der Waals surface area contributed by atoms with Crippen LogP contribution in [-0.2, 0) is 6.54 Å². The third kappa shape index (κ3) is 4.89. The number of benzene rings is 1. The van der Waals surface area contributed by atoms with Gasteiger partial charge in [-0.1, -0.05) is 6.07 Å². The van der Waals surface area contributed by atoms with E-state index in [1.807, 2.05) is 42.1 Å². The van der Waals surface area contributed by atoms with Crippen LogP contribution >= 0.6 is 0 Å². The minimum absolute atomic E-state index is 0.122. The van der Waals surface area contributed by atoms with Crippen LogP contribution in [0.4, 0.5) is 4.79 Å². The van der Waals surface area contributed by atoms with Crippen molar-refractivity contribution in [3.8, 4) is 11.5 Å². The van der Waals surface area contributed by atoms with Gasteiger partial charge < -0.3 is 20.1 Å². The highest BCUT2D eigenvalue weighted by Gasteiger charge is 2.15. The molecule has 2 N–H and O–H groups in total. The molecule has 0 aliphatic carbocycles. The number of amides is 2. The lowest BCUT2D eigenvalue weighted by molar-refractivity contribution is 0.237. The SMILES string of the molecule is C[C@@H](NC(=O)NCCCn1cccn1)c1ccc2c(c1)OCCCO2. The second-order valence-electron chi connectivity index (χ2n) is 6.00. The fourth-order valence-electron chi connectivity index (χ4n) is 2.66. The van der Waals surface area contributed by atoms with Crippen LogP contribution in [0.2, 0.25) is 0 Å². The molecule has 7 heteroatoms. The highest BCUT2D eigenvalue weighted by Crippen LogP contribution is 2.32. The number of fused-ring (bicyclic) bond motifs is 1. The number of urea groups is 1. The molecule has 0 bridgehead atoms. The number of rotatable bonds is 6. The van der Waals surface area contributed by atoms with Crippen molar-refractivity contribution in [2.75, 3.05) is 19.8 Å². The summed E-state index contributed by atoms with van der Waals surface area (Å²) in [5, 5.41) is 9.94. The van der Waals surface area contributed by atoms with E-state index < -0.39 is 0 Å². The van der Waals surface area contributed by atoms with Gasteiger partial charge in [0.15, 0.2) is 11.5 Å². The maximum absolute atomic E-state index is 12.0. The molecule has 0 saturated heterocycles. The molecule has 0 spiro atoms. The predicted molar refractivity (Wildman–Crippen MR) is 93.8 cm³/mol. The first-order valence-corrected chi connectivity index (χ1v) is 8.64. The van der Waals surface area contributed by atoms with Crippen LogP contribution < -0.4 is 20.1 Å². The van der Waals surface area contributed by atoms with Crippen molar-refractivity contribution in [3.63, 3.8) is 0 Å².